The molecule has 0 aromatic carbocycles. The van der Waals surface area contributed by atoms with E-state index in [1.54, 1.807) is 0 Å². The van der Waals surface area contributed by atoms with Gasteiger partial charge >= 0.3 is 51.4 Å². The Hall–Kier alpha value is 1.81. The standard InChI is InChI=1S/C2H7OSi.K/c1-2-4-3;/h2,4H2,1H3;/q-1;+1. The Morgan fingerprint density at radius 2 is 2.00 bits per heavy atom. The summed E-state index contributed by atoms with van der Waals surface area (Å²) in [5, 5.41) is 0. The van der Waals surface area contributed by atoms with E-state index in [9.17, 15) is 4.80 Å². The third-order valence-corrected chi connectivity index (χ3v) is 0.612. The van der Waals surface area contributed by atoms with E-state index < -0.39 is 9.76 Å². The fraction of sp³-hybridized carbons (Fsp3) is 1.00. The summed E-state index contributed by atoms with van der Waals surface area (Å²) >= 11 is 0. The van der Waals surface area contributed by atoms with Crippen LogP contribution in [0.4, 0.5) is 0 Å². The molecule has 0 fully saturated rings. The van der Waals surface area contributed by atoms with Crippen molar-refractivity contribution in [1.29, 1.82) is 0 Å². The van der Waals surface area contributed by atoms with Crippen LogP contribution in [0.2, 0.25) is 6.04 Å². The van der Waals surface area contributed by atoms with Gasteiger partial charge in [0.15, 0.2) is 0 Å². The fourth-order valence-corrected chi connectivity index (χ4v) is 0. The second kappa shape index (κ2) is 9.26. The van der Waals surface area contributed by atoms with E-state index in [1.807, 2.05) is 6.92 Å². The van der Waals surface area contributed by atoms with E-state index in [1.165, 1.54) is 0 Å². The van der Waals surface area contributed by atoms with Gasteiger partial charge in [-0.25, -0.2) is 0 Å². The van der Waals surface area contributed by atoms with Crippen molar-refractivity contribution in [2.45, 2.75) is 13.0 Å². The molecular formula is C2H7KOSi. The molecule has 0 aromatic heterocycles. The smallest absolute Gasteiger partial charge is 0.863 e. The zero-order valence-electron chi connectivity index (χ0n) is 3.82. The maximum atomic E-state index is 9.44. The van der Waals surface area contributed by atoms with Gasteiger partial charge < -0.3 is 4.80 Å². The normalized spacial score (nSPS) is 8.40. The van der Waals surface area contributed by atoms with Crippen LogP contribution in [0.25, 0.3) is 0 Å². The van der Waals surface area contributed by atoms with Gasteiger partial charge in [0, 0.05) is 0 Å². The molecule has 0 rings (SSSR count). The second-order valence-electron chi connectivity index (χ2n) is 0.704. The maximum Gasteiger partial charge on any atom is 1.00 e. The van der Waals surface area contributed by atoms with Crippen molar-refractivity contribution in [2.24, 2.45) is 0 Å². The molecule has 5 heavy (non-hydrogen) atoms. The van der Waals surface area contributed by atoms with Crippen molar-refractivity contribution in [2.75, 3.05) is 0 Å². The Balaban J connectivity index is 0. The van der Waals surface area contributed by atoms with Gasteiger partial charge in [-0.1, -0.05) is 22.7 Å². The van der Waals surface area contributed by atoms with E-state index >= 15 is 0 Å². The largest absolute Gasteiger partial charge is 1.00 e. The summed E-state index contributed by atoms with van der Waals surface area (Å²) in [5.74, 6) is 0. The average Bonchev–Trinajstić information content (AvgIpc) is 1.37. The Morgan fingerprint density at radius 3 is 2.00 bits per heavy atom. The van der Waals surface area contributed by atoms with Crippen molar-refractivity contribution in [3.8, 4) is 0 Å². The second-order valence-corrected chi connectivity index (χ2v) is 2.11. The van der Waals surface area contributed by atoms with Gasteiger partial charge in [-0.15, -0.1) is 0 Å². The van der Waals surface area contributed by atoms with Crippen molar-refractivity contribution < 1.29 is 56.2 Å². The van der Waals surface area contributed by atoms with E-state index in [4.69, 9.17) is 0 Å². The van der Waals surface area contributed by atoms with Gasteiger partial charge in [0.25, 0.3) is 0 Å². The van der Waals surface area contributed by atoms with Crippen LogP contribution < -0.4 is 56.2 Å². The zero-order valence-corrected chi connectivity index (χ0v) is 8.36. The Labute approximate surface area is 77.5 Å². The number of hydrogen-bond acceptors (Lipinski definition) is 1. The molecule has 0 aliphatic carbocycles. The molecule has 0 atom stereocenters. The van der Waals surface area contributed by atoms with Crippen molar-refractivity contribution in [3.05, 3.63) is 0 Å². The zero-order chi connectivity index (χ0) is 3.41. The summed E-state index contributed by atoms with van der Waals surface area (Å²) in [6.45, 7) is 1.93. The summed E-state index contributed by atoms with van der Waals surface area (Å²) in [6.07, 6.45) is 0. The topological polar surface area (TPSA) is 23.1 Å². The van der Waals surface area contributed by atoms with Crippen LogP contribution in [-0.2, 0) is 0 Å². The number of hydrogen-bond donors (Lipinski definition) is 0. The molecule has 0 aliphatic rings. The quantitative estimate of drug-likeness (QED) is 0.318. The third kappa shape index (κ3) is 10.7. The molecule has 26 valence electrons. The van der Waals surface area contributed by atoms with Crippen LogP contribution in [-0.4, -0.2) is 9.76 Å². The summed E-state index contributed by atoms with van der Waals surface area (Å²) in [5.41, 5.74) is 0. The molecule has 0 radical (unpaired) electrons. The fourth-order valence-electron chi connectivity index (χ4n) is 0. The van der Waals surface area contributed by atoms with Crippen LogP contribution in [0.5, 0.6) is 0 Å². The van der Waals surface area contributed by atoms with E-state index in [0.717, 1.165) is 6.04 Å². The molecule has 0 amide bonds. The van der Waals surface area contributed by atoms with Gasteiger partial charge in [-0.3, -0.25) is 0 Å². The van der Waals surface area contributed by atoms with Gasteiger partial charge in [-0.05, 0) is 0 Å². The minimum absolute atomic E-state index is 0. The minimum atomic E-state index is -0.826. The Morgan fingerprint density at radius 1 is 1.80 bits per heavy atom. The molecule has 0 saturated carbocycles. The van der Waals surface area contributed by atoms with Crippen LogP contribution >= 0.6 is 0 Å². The summed E-state index contributed by atoms with van der Waals surface area (Å²) < 4.78 is 0. The molecule has 0 aliphatic heterocycles. The first kappa shape index (κ1) is 9.94. The molecular weight excluding hydrogens is 107 g/mol. The van der Waals surface area contributed by atoms with E-state index in [2.05, 4.69) is 0 Å². The average molecular weight is 114 g/mol. The Bertz CT molecular complexity index is 11.6. The molecule has 0 spiro atoms. The SMILES string of the molecule is CC[SiH2][O-].[K+]. The molecule has 0 aromatic rings. The summed E-state index contributed by atoms with van der Waals surface area (Å²) in [6, 6.07) is 0.903. The van der Waals surface area contributed by atoms with Crippen LogP contribution in [0, 0.1) is 0 Å². The molecule has 0 heterocycles. The van der Waals surface area contributed by atoms with Crippen LogP contribution in [0.1, 0.15) is 6.92 Å². The van der Waals surface area contributed by atoms with Crippen LogP contribution in [0.3, 0.4) is 0 Å². The minimum Gasteiger partial charge on any atom is -0.863 e. The van der Waals surface area contributed by atoms with Crippen molar-refractivity contribution in [3.63, 3.8) is 0 Å². The molecule has 1 nitrogen and oxygen atoms in total. The predicted octanol–water partition coefficient (Wildman–Crippen LogP) is -4.13. The summed E-state index contributed by atoms with van der Waals surface area (Å²) in [4.78, 5) is 9.44. The van der Waals surface area contributed by atoms with E-state index in [-0.39, 0.29) is 51.4 Å². The number of rotatable bonds is 1. The first-order valence-electron chi connectivity index (χ1n) is 1.50. The monoisotopic (exact) mass is 114 g/mol. The third-order valence-electron chi connectivity index (χ3n) is 0.204. The molecule has 0 unspecified atom stereocenters. The van der Waals surface area contributed by atoms with Crippen molar-refractivity contribution in [1.82, 2.24) is 0 Å². The maximum absolute atomic E-state index is 9.44. The van der Waals surface area contributed by atoms with Crippen LogP contribution in [0.15, 0.2) is 0 Å². The van der Waals surface area contributed by atoms with Crippen molar-refractivity contribution >= 4 is 9.76 Å². The Kier molecular flexibility index (Phi) is 18.4. The first-order valence-corrected chi connectivity index (χ1v) is 3.07. The first-order chi connectivity index (χ1) is 1.91. The van der Waals surface area contributed by atoms with Gasteiger partial charge in [0.2, 0.25) is 0 Å². The molecule has 0 N–H and O–H groups in total. The van der Waals surface area contributed by atoms with Gasteiger partial charge in [-0.2, -0.15) is 0 Å². The molecule has 0 bridgehead atoms. The predicted molar refractivity (Wildman–Crippen MR) is 19.0 cm³/mol. The summed E-state index contributed by atoms with van der Waals surface area (Å²) in [7, 11) is -0.826. The molecule has 3 heteroatoms. The van der Waals surface area contributed by atoms with Gasteiger partial charge in [0.05, 0.1) is 0 Å². The van der Waals surface area contributed by atoms with E-state index in [0.29, 0.717) is 0 Å². The van der Waals surface area contributed by atoms with Gasteiger partial charge in [0.1, 0.15) is 0 Å². The molecule has 0 saturated heterocycles.